The summed E-state index contributed by atoms with van der Waals surface area (Å²) in [6.07, 6.45) is 25.3. The van der Waals surface area contributed by atoms with Gasteiger partial charge in [-0.1, -0.05) is 63.3 Å². The smallest absolute Gasteiger partial charge is 0.303 e. The average molecular weight is 309 g/mol. The molecule has 0 aliphatic heterocycles. The lowest BCUT2D eigenvalue weighted by Gasteiger charge is -1.98. The summed E-state index contributed by atoms with van der Waals surface area (Å²) >= 11 is 0. The number of hydrogen-bond donors (Lipinski definition) is 1. The van der Waals surface area contributed by atoms with Crippen LogP contribution in [0.2, 0.25) is 0 Å². The zero-order valence-corrected chi connectivity index (χ0v) is 14.6. The second kappa shape index (κ2) is 18.0. The van der Waals surface area contributed by atoms with Crippen molar-refractivity contribution in [2.24, 2.45) is 0 Å². The Balaban J connectivity index is 3.17. The summed E-state index contributed by atoms with van der Waals surface area (Å²) in [6, 6.07) is 0. The summed E-state index contributed by atoms with van der Waals surface area (Å²) in [6.45, 7) is 2.26. The van der Waals surface area contributed by atoms with Crippen LogP contribution in [0.5, 0.6) is 0 Å². The molecule has 0 bridgehead atoms. The van der Waals surface area contributed by atoms with Crippen LogP contribution in [-0.4, -0.2) is 11.1 Å². The number of carbonyl (C=O) groups is 1. The van der Waals surface area contributed by atoms with E-state index in [0.29, 0.717) is 0 Å². The maximum atomic E-state index is 10.3. The number of rotatable bonds is 16. The van der Waals surface area contributed by atoms with Crippen molar-refractivity contribution in [3.63, 3.8) is 0 Å². The molecule has 22 heavy (non-hydrogen) atoms. The van der Waals surface area contributed by atoms with Crippen LogP contribution in [-0.2, 0) is 4.79 Å². The monoisotopic (exact) mass is 308 g/mol. The highest BCUT2D eigenvalue weighted by Gasteiger charge is 1.93. The molecule has 0 heterocycles. The van der Waals surface area contributed by atoms with E-state index in [-0.39, 0.29) is 6.42 Å². The molecule has 128 valence electrons. The van der Waals surface area contributed by atoms with Crippen LogP contribution in [0.1, 0.15) is 96.8 Å². The van der Waals surface area contributed by atoms with Crippen molar-refractivity contribution in [2.45, 2.75) is 96.8 Å². The molecule has 0 aliphatic carbocycles. The summed E-state index contributed by atoms with van der Waals surface area (Å²) in [5, 5.41) is 8.51. The summed E-state index contributed by atoms with van der Waals surface area (Å²) in [5.41, 5.74) is 0. The van der Waals surface area contributed by atoms with Crippen LogP contribution in [0.4, 0.5) is 0 Å². The predicted octanol–water partition coefficient (Wildman–Crippen LogP) is 6.66. The van der Waals surface area contributed by atoms with E-state index in [2.05, 4.69) is 31.2 Å². The summed E-state index contributed by atoms with van der Waals surface area (Å²) in [4.78, 5) is 10.3. The highest BCUT2D eigenvalue weighted by molar-refractivity contribution is 5.66. The molecule has 0 unspecified atom stereocenters. The van der Waals surface area contributed by atoms with E-state index in [1.807, 2.05) is 0 Å². The Morgan fingerprint density at radius 3 is 1.59 bits per heavy atom. The number of carboxylic acid groups (broad SMARTS) is 1. The zero-order chi connectivity index (χ0) is 16.3. The number of carboxylic acids is 1. The molecule has 0 spiro atoms. The highest BCUT2D eigenvalue weighted by atomic mass is 16.4. The van der Waals surface area contributed by atoms with Gasteiger partial charge in [-0.15, -0.1) is 0 Å². The molecule has 0 rings (SSSR count). The molecule has 0 amide bonds. The molecule has 2 heteroatoms. The first-order valence-electron chi connectivity index (χ1n) is 9.29. The third kappa shape index (κ3) is 18.9. The molecule has 0 aromatic rings. The molecule has 0 radical (unpaired) electrons. The van der Waals surface area contributed by atoms with Gasteiger partial charge in [0.1, 0.15) is 0 Å². The van der Waals surface area contributed by atoms with Crippen LogP contribution in [0.3, 0.4) is 0 Å². The minimum absolute atomic E-state index is 0.285. The lowest BCUT2D eigenvalue weighted by molar-refractivity contribution is -0.137. The standard InChI is InChI=1S/C20H36O2/c1-2-3-4-5-6-7-8-9-10-11-12-13-14-15-16-17-18-19-20(21)22/h9-10,15-16H,2-8,11-14,17-19H2,1H3,(H,21,22)/b10-9?,16-15-. The van der Waals surface area contributed by atoms with Gasteiger partial charge >= 0.3 is 5.97 Å². The van der Waals surface area contributed by atoms with Crippen molar-refractivity contribution in [1.29, 1.82) is 0 Å². The Kier molecular flexibility index (Phi) is 17.1. The largest absolute Gasteiger partial charge is 0.481 e. The lowest BCUT2D eigenvalue weighted by Crippen LogP contribution is -1.92. The fourth-order valence-electron chi connectivity index (χ4n) is 2.41. The molecule has 0 saturated carbocycles. The Hall–Kier alpha value is -1.05. The maximum Gasteiger partial charge on any atom is 0.303 e. The molecule has 0 aromatic carbocycles. The average Bonchev–Trinajstić information content (AvgIpc) is 2.50. The van der Waals surface area contributed by atoms with Crippen LogP contribution >= 0.6 is 0 Å². The number of aliphatic carboxylic acids is 1. The molecule has 0 saturated heterocycles. The van der Waals surface area contributed by atoms with E-state index in [9.17, 15) is 4.79 Å². The van der Waals surface area contributed by atoms with E-state index in [0.717, 1.165) is 19.3 Å². The minimum atomic E-state index is -0.693. The fourth-order valence-corrected chi connectivity index (χ4v) is 2.41. The Morgan fingerprint density at radius 1 is 0.682 bits per heavy atom. The molecule has 1 N–H and O–H groups in total. The third-order valence-corrected chi connectivity index (χ3v) is 3.81. The van der Waals surface area contributed by atoms with Gasteiger partial charge in [0.25, 0.3) is 0 Å². The number of allylic oxidation sites excluding steroid dienone is 4. The summed E-state index contributed by atoms with van der Waals surface area (Å²) in [5.74, 6) is -0.693. The van der Waals surface area contributed by atoms with Gasteiger partial charge in [-0.3, -0.25) is 4.79 Å². The van der Waals surface area contributed by atoms with Crippen molar-refractivity contribution in [3.8, 4) is 0 Å². The first-order valence-corrected chi connectivity index (χ1v) is 9.29. The molecular formula is C20H36O2. The van der Waals surface area contributed by atoms with Gasteiger partial charge in [0.2, 0.25) is 0 Å². The van der Waals surface area contributed by atoms with Gasteiger partial charge in [-0.05, 0) is 51.4 Å². The fraction of sp³-hybridized carbons (Fsp3) is 0.750. The van der Waals surface area contributed by atoms with Gasteiger partial charge in [-0.25, -0.2) is 0 Å². The summed E-state index contributed by atoms with van der Waals surface area (Å²) in [7, 11) is 0. The van der Waals surface area contributed by atoms with Crippen LogP contribution < -0.4 is 0 Å². The van der Waals surface area contributed by atoms with Crippen molar-refractivity contribution >= 4 is 5.97 Å². The first kappa shape index (κ1) is 20.9. The van der Waals surface area contributed by atoms with Crippen LogP contribution in [0.25, 0.3) is 0 Å². The first-order chi connectivity index (χ1) is 10.8. The van der Waals surface area contributed by atoms with E-state index >= 15 is 0 Å². The topological polar surface area (TPSA) is 37.3 Å². The van der Waals surface area contributed by atoms with Gasteiger partial charge in [0, 0.05) is 6.42 Å². The van der Waals surface area contributed by atoms with E-state index in [4.69, 9.17) is 5.11 Å². The van der Waals surface area contributed by atoms with Crippen molar-refractivity contribution in [1.82, 2.24) is 0 Å². The number of hydrogen-bond acceptors (Lipinski definition) is 1. The van der Waals surface area contributed by atoms with Crippen LogP contribution in [0, 0.1) is 0 Å². The highest BCUT2D eigenvalue weighted by Crippen LogP contribution is 2.08. The SMILES string of the molecule is CCCCCCCCC=CCCCC/C=C\CCCC(=O)O. The van der Waals surface area contributed by atoms with Gasteiger partial charge in [-0.2, -0.15) is 0 Å². The lowest BCUT2D eigenvalue weighted by atomic mass is 10.1. The second-order valence-corrected chi connectivity index (χ2v) is 6.07. The molecule has 0 fully saturated rings. The molecule has 0 aliphatic rings. The molecular weight excluding hydrogens is 272 g/mol. The zero-order valence-electron chi connectivity index (χ0n) is 14.6. The van der Waals surface area contributed by atoms with Crippen molar-refractivity contribution in [3.05, 3.63) is 24.3 Å². The van der Waals surface area contributed by atoms with E-state index in [1.165, 1.54) is 64.2 Å². The van der Waals surface area contributed by atoms with Crippen molar-refractivity contribution < 1.29 is 9.90 Å². The molecule has 0 atom stereocenters. The second-order valence-electron chi connectivity index (χ2n) is 6.07. The Labute approximate surface area is 137 Å². The van der Waals surface area contributed by atoms with E-state index in [1.54, 1.807) is 0 Å². The van der Waals surface area contributed by atoms with Gasteiger partial charge < -0.3 is 5.11 Å². The predicted molar refractivity (Wildman–Crippen MR) is 96.2 cm³/mol. The van der Waals surface area contributed by atoms with Crippen LogP contribution in [0.15, 0.2) is 24.3 Å². The maximum absolute atomic E-state index is 10.3. The van der Waals surface area contributed by atoms with Gasteiger partial charge in [0.15, 0.2) is 0 Å². The molecule has 0 aromatic heterocycles. The normalized spacial score (nSPS) is 11.7. The molecule has 2 nitrogen and oxygen atoms in total. The number of unbranched alkanes of at least 4 members (excludes halogenated alkanes) is 10. The van der Waals surface area contributed by atoms with E-state index < -0.39 is 5.97 Å². The van der Waals surface area contributed by atoms with Gasteiger partial charge in [0.05, 0.1) is 0 Å². The Morgan fingerprint density at radius 2 is 1.09 bits per heavy atom. The third-order valence-electron chi connectivity index (χ3n) is 3.81. The minimum Gasteiger partial charge on any atom is -0.481 e. The Bertz CT molecular complexity index is 292. The summed E-state index contributed by atoms with van der Waals surface area (Å²) < 4.78 is 0. The quantitative estimate of drug-likeness (QED) is 0.255. The van der Waals surface area contributed by atoms with Crippen molar-refractivity contribution in [2.75, 3.05) is 0 Å².